The van der Waals surface area contributed by atoms with E-state index >= 15 is 0 Å². The Bertz CT molecular complexity index is 733. The van der Waals surface area contributed by atoms with Crippen molar-refractivity contribution in [1.82, 2.24) is 9.55 Å². The third-order valence-corrected chi connectivity index (χ3v) is 5.52. The monoisotopic (exact) mass is 318 g/mol. The zero-order chi connectivity index (χ0) is 15.9. The molecule has 2 unspecified atom stereocenters. The molecule has 3 rings (SSSR count). The molecule has 5 heteroatoms. The Morgan fingerprint density at radius 3 is 2.86 bits per heavy atom. The lowest BCUT2D eigenvalue weighted by atomic mass is 9.83. The molecule has 0 spiro atoms. The van der Waals surface area contributed by atoms with Gasteiger partial charge in [-0.15, -0.1) is 11.3 Å². The van der Waals surface area contributed by atoms with Gasteiger partial charge in [0.25, 0.3) is 0 Å². The van der Waals surface area contributed by atoms with E-state index in [4.69, 9.17) is 9.72 Å². The van der Waals surface area contributed by atoms with Gasteiger partial charge in [-0.1, -0.05) is 20.8 Å². The molecule has 0 amide bonds. The number of methoxy groups -OCH3 is 1. The Morgan fingerprint density at radius 1 is 1.45 bits per heavy atom. The Hall–Kier alpha value is -1.46. The van der Waals surface area contributed by atoms with Crippen LogP contribution in [0.25, 0.3) is 11.4 Å². The number of aromatic nitrogens is 2. The van der Waals surface area contributed by atoms with Gasteiger partial charge < -0.3 is 9.30 Å². The van der Waals surface area contributed by atoms with Gasteiger partial charge in [-0.25, -0.2) is 4.98 Å². The number of rotatable bonds is 4. The lowest BCUT2D eigenvalue weighted by molar-refractivity contribution is 0.184. The van der Waals surface area contributed by atoms with E-state index in [0.29, 0.717) is 24.5 Å². The predicted molar refractivity (Wildman–Crippen MR) is 89.4 cm³/mol. The number of thiazole rings is 1. The normalized spacial score (nSPS) is 20.0. The van der Waals surface area contributed by atoms with E-state index < -0.39 is 0 Å². The van der Waals surface area contributed by atoms with Gasteiger partial charge in [-0.05, 0) is 12.3 Å². The number of pyridine rings is 1. The van der Waals surface area contributed by atoms with Gasteiger partial charge >= 0.3 is 0 Å². The average Bonchev–Trinajstić information content (AvgIpc) is 2.89. The van der Waals surface area contributed by atoms with Crippen LogP contribution in [0.15, 0.2) is 23.1 Å². The maximum atomic E-state index is 11.8. The molecule has 0 N–H and O–H groups in total. The zero-order valence-corrected chi connectivity index (χ0v) is 14.3. The van der Waals surface area contributed by atoms with Gasteiger partial charge in [0.2, 0.25) is 0 Å². The molecule has 3 heterocycles. The van der Waals surface area contributed by atoms with Crippen molar-refractivity contribution < 1.29 is 4.74 Å². The summed E-state index contributed by atoms with van der Waals surface area (Å²) in [7, 11) is 1.69. The number of hydrogen-bond acceptors (Lipinski definition) is 4. The van der Waals surface area contributed by atoms with E-state index in [-0.39, 0.29) is 5.43 Å². The van der Waals surface area contributed by atoms with Gasteiger partial charge in [-0.3, -0.25) is 4.79 Å². The van der Waals surface area contributed by atoms with E-state index in [0.717, 1.165) is 22.8 Å². The summed E-state index contributed by atoms with van der Waals surface area (Å²) in [5, 5.41) is 0.984. The van der Waals surface area contributed by atoms with Crippen LogP contribution in [0.1, 0.15) is 49.0 Å². The van der Waals surface area contributed by atoms with Gasteiger partial charge in [0.05, 0.1) is 12.3 Å². The Labute approximate surface area is 134 Å². The van der Waals surface area contributed by atoms with Crippen molar-refractivity contribution in [3.05, 3.63) is 38.4 Å². The third-order valence-electron chi connectivity index (χ3n) is 4.36. The Balaban J connectivity index is 2.24. The highest BCUT2D eigenvalue weighted by atomic mass is 32.1. The first-order valence-electron chi connectivity index (χ1n) is 7.77. The minimum atomic E-state index is 0.0379. The van der Waals surface area contributed by atoms with E-state index in [1.165, 1.54) is 4.88 Å². The Morgan fingerprint density at radius 2 is 2.23 bits per heavy atom. The minimum Gasteiger partial charge on any atom is -0.378 e. The van der Waals surface area contributed by atoms with Crippen molar-refractivity contribution >= 4 is 11.3 Å². The molecular weight excluding hydrogens is 296 g/mol. The van der Waals surface area contributed by atoms with E-state index in [9.17, 15) is 4.79 Å². The van der Waals surface area contributed by atoms with Crippen LogP contribution in [0.2, 0.25) is 0 Å². The van der Waals surface area contributed by atoms with Crippen LogP contribution in [0.4, 0.5) is 0 Å². The van der Waals surface area contributed by atoms with Crippen LogP contribution >= 0.6 is 11.3 Å². The quantitative estimate of drug-likeness (QED) is 0.860. The second-order valence-electron chi connectivity index (χ2n) is 6.16. The molecule has 0 bridgehead atoms. The molecule has 4 nitrogen and oxygen atoms in total. The summed E-state index contributed by atoms with van der Waals surface area (Å²) in [6, 6.07) is 3.74. The fourth-order valence-electron chi connectivity index (χ4n) is 3.50. The van der Waals surface area contributed by atoms with Crippen molar-refractivity contribution in [3.63, 3.8) is 0 Å². The lowest BCUT2D eigenvalue weighted by Gasteiger charge is -2.37. The maximum absolute atomic E-state index is 11.8. The number of hydrogen-bond donors (Lipinski definition) is 0. The molecule has 1 aliphatic rings. The van der Waals surface area contributed by atoms with E-state index in [1.807, 2.05) is 6.20 Å². The molecule has 0 radical (unpaired) electrons. The van der Waals surface area contributed by atoms with Crippen molar-refractivity contribution in [2.24, 2.45) is 5.92 Å². The molecule has 0 saturated carbocycles. The summed E-state index contributed by atoms with van der Waals surface area (Å²) in [5.74, 6) is 0.931. The first-order valence-corrected chi connectivity index (χ1v) is 8.59. The minimum absolute atomic E-state index is 0.0379. The largest absolute Gasteiger partial charge is 0.378 e. The summed E-state index contributed by atoms with van der Waals surface area (Å²) in [5.41, 5.74) is 1.96. The predicted octanol–water partition coefficient (Wildman–Crippen LogP) is 3.82. The summed E-state index contributed by atoms with van der Waals surface area (Å²) in [4.78, 5) is 17.9. The third kappa shape index (κ3) is 2.42. The number of fused-ring (bicyclic) bond motifs is 3. The second-order valence-corrected chi connectivity index (χ2v) is 7.27. The lowest BCUT2D eigenvalue weighted by Crippen LogP contribution is -2.28. The molecule has 1 aliphatic heterocycles. The first-order chi connectivity index (χ1) is 10.6. The highest BCUT2D eigenvalue weighted by Crippen LogP contribution is 2.48. The molecule has 0 saturated heterocycles. The summed E-state index contributed by atoms with van der Waals surface area (Å²) in [6.07, 6.45) is 3.00. The van der Waals surface area contributed by atoms with Crippen LogP contribution in [-0.2, 0) is 11.3 Å². The van der Waals surface area contributed by atoms with Crippen LogP contribution in [0.5, 0.6) is 0 Å². The summed E-state index contributed by atoms with van der Waals surface area (Å²) < 4.78 is 7.49. The van der Waals surface area contributed by atoms with Crippen molar-refractivity contribution in [2.75, 3.05) is 7.11 Å². The highest BCUT2D eigenvalue weighted by Gasteiger charge is 2.36. The Kier molecular flexibility index (Phi) is 4.19. The SMILES string of the molecule is CCC1c2sc(COC)nc2-c2cc(=O)ccn2C1C(C)C. The van der Waals surface area contributed by atoms with Crippen LogP contribution < -0.4 is 5.43 Å². The molecule has 2 atom stereocenters. The molecule has 2 aromatic heterocycles. The van der Waals surface area contributed by atoms with E-state index in [2.05, 4.69) is 25.3 Å². The smallest absolute Gasteiger partial charge is 0.182 e. The topological polar surface area (TPSA) is 44.1 Å². The number of nitrogens with zero attached hydrogens (tertiary/aromatic N) is 2. The molecule has 0 aliphatic carbocycles. The van der Waals surface area contributed by atoms with Gasteiger partial charge in [0.1, 0.15) is 10.7 Å². The van der Waals surface area contributed by atoms with Gasteiger partial charge in [0, 0.05) is 42.3 Å². The molecule has 0 fully saturated rings. The van der Waals surface area contributed by atoms with Gasteiger partial charge in [0.15, 0.2) is 5.43 Å². The zero-order valence-electron chi connectivity index (χ0n) is 13.5. The fraction of sp³-hybridized carbons (Fsp3) is 0.529. The molecule has 0 aromatic carbocycles. The van der Waals surface area contributed by atoms with E-state index in [1.54, 1.807) is 30.6 Å². The van der Waals surface area contributed by atoms with Gasteiger partial charge in [-0.2, -0.15) is 0 Å². The first kappa shape index (κ1) is 15.4. The molecular formula is C17H22N2O2S. The van der Waals surface area contributed by atoms with Crippen LogP contribution in [-0.4, -0.2) is 16.7 Å². The van der Waals surface area contributed by atoms with Crippen molar-refractivity contribution in [3.8, 4) is 11.4 Å². The highest BCUT2D eigenvalue weighted by molar-refractivity contribution is 7.12. The maximum Gasteiger partial charge on any atom is 0.182 e. The summed E-state index contributed by atoms with van der Waals surface area (Å²) in [6.45, 7) is 7.25. The fourth-order valence-corrected chi connectivity index (χ4v) is 4.77. The number of ether oxygens (including phenoxy) is 1. The average molecular weight is 318 g/mol. The van der Waals surface area contributed by atoms with Crippen molar-refractivity contribution in [1.29, 1.82) is 0 Å². The molecule has 2 aromatic rings. The standard InChI is InChI=1S/C17H22N2O2S/c1-5-12-16(10(2)3)19-7-6-11(20)8-13(19)15-17(12)22-14(18-15)9-21-4/h6-8,10,12,16H,5,9H2,1-4H3. The van der Waals surface area contributed by atoms with Crippen LogP contribution in [0, 0.1) is 5.92 Å². The van der Waals surface area contributed by atoms with Crippen LogP contribution in [0.3, 0.4) is 0 Å². The second kappa shape index (κ2) is 5.97. The summed E-state index contributed by atoms with van der Waals surface area (Å²) >= 11 is 1.73. The van der Waals surface area contributed by atoms with Crippen molar-refractivity contribution in [2.45, 2.75) is 45.8 Å². The molecule has 118 valence electrons. The molecule has 22 heavy (non-hydrogen) atoms.